The molecule has 1 aromatic rings. The number of rotatable bonds is 15. The van der Waals surface area contributed by atoms with Crippen LogP contribution in [-0.2, 0) is 35.3 Å². The van der Waals surface area contributed by atoms with E-state index < -0.39 is 23.3 Å². The number of carbonyl (C=O) groups is 5. The number of anilines is 1. The van der Waals surface area contributed by atoms with Crippen molar-refractivity contribution in [2.45, 2.75) is 73.0 Å². The highest BCUT2D eigenvalue weighted by Crippen LogP contribution is 2.17. The van der Waals surface area contributed by atoms with Crippen LogP contribution in [0.2, 0.25) is 0 Å². The predicted octanol–water partition coefficient (Wildman–Crippen LogP) is 3.04. The number of unbranched alkanes of at least 4 members (excludes halogenated alkanes) is 2. The Bertz CT molecular complexity index is 944. The second-order valence-electron chi connectivity index (χ2n) is 10.4. The third-order valence-corrected chi connectivity index (χ3v) is 5.94. The highest BCUT2D eigenvalue weighted by atomic mass is 79.9. The van der Waals surface area contributed by atoms with Crippen LogP contribution in [0.1, 0.15) is 65.9 Å². The zero-order chi connectivity index (χ0) is 28.7. The number of alkyl halides is 1. The summed E-state index contributed by atoms with van der Waals surface area (Å²) in [4.78, 5) is 60.3. The Morgan fingerprint density at radius 2 is 1.55 bits per heavy atom. The number of ether oxygens (including phenoxy) is 1. The fourth-order valence-corrected chi connectivity index (χ4v) is 3.37. The molecule has 0 aliphatic rings. The van der Waals surface area contributed by atoms with Crippen molar-refractivity contribution in [1.29, 1.82) is 0 Å². The van der Waals surface area contributed by atoms with Crippen LogP contribution < -0.4 is 21.3 Å². The van der Waals surface area contributed by atoms with Crippen LogP contribution in [0.25, 0.3) is 0 Å². The number of nitrogens with one attached hydrogen (secondary N) is 4. The van der Waals surface area contributed by atoms with E-state index >= 15 is 0 Å². The zero-order valence-corrected chi connectivity index (χ0v) is 24.5. The first-order valence-electron chi connectivity index (χ1n) is 12.8. The standard InChI is InChI=1S/C27H41BrN4O6/c1-18(2)24(32-21(33)9-7-6-8-14-29-22(34)15-28)25(36)30-16-23(35)31-20-12-10-19(11-13-20)17-38-26(37)27(3,4)5/h10-13,18,24H,6-9,14-17H2,1-5H3,(H,29,34)(H,30,36)(H,31,35)(H,32,33). The monoisotopic (exact) mass is 596 g/mol. The van der Waals surface area contributed by atoms with E-state index in [0.29, 0.717) is 18.7 Å². The van der Waals surface area contributed by atoms with E-state index in [4.69, 9.17) is 4.74 Å². The maximum Gasteiger partial charge on any atom is 0.311 e. The lowest BCUT2D eigenvalue weighted by atomic mass is 9.97. The lowest BCUT2D eigenvalue weighted by molar-refractivity contribution is -0.154. The molecule has 4 amide bonds. The van der Waals surface area contributed by atoms with Crippen molar-refractivity contribution < 1.29 is 28.7 Å². The molecule has 0 bridgehead atoms. The summed E-state index contributed by atoms with van der Waals surface area (Å²) in [5.74, 6) is -1.62. The molecule has 1 atom stereocenters. The highest BCUT2D eigenvalue weighted by molar-refractivity contribution is 9.09. The summed E-state index contributed by atoms with van der Waals surface area (Å²) in [5.41, 5.74) is 0.741. The molecule has 0 saturated carbocycles. The fourth-order valence-electron chi connectivity index (χ4n) is 3.18. The third kappa shape index (κ3) is 13.6. The number of carbonyl (C=O) groups excluding carboxylic acids is 5. The Morgan fingerprint density at radius 3 is 2.13 bits per heavy atom. The summed E-state index contributed by atoms with van der Waals surface area (Å²) in [6, 6.07) is 6.10. The summed E-state index contributed by atoms with van der Waals surface area (Å²) < 4.78 is 5.28. The molecule has 0 radical (unpaired) electrons. The normalized spacial score (nSPS) is 11.9. The highest BCUT2D eigenvalue weighted by Gasteiger charge is 2.24. The number of esters is 1. The van der Waals surface area contributed by atoms with Crippen LogP contribution in [0.4, 0.5) is 5.69 Å². The molecule has 0 spiro atoms. The van der Waals surface area contributed by atoms with Gasteiger partial charge in [0.15, 0.2) is 0 Å². The summed E-state index contributed by atoms with van der Waals surface area (Å²) in [6.07, 6.45) is 2.46. The van der Waals surface area contributed by atoms with Crippen LogP contribution >= 0.6 is 15.9 Å². The van der Waals surface area contributed by atoms with Gasteiger partial charge in [-0.05, 0) is 57.2 Å². The van der Waals surface area contributed by atoms with E-state index in [0.717, 1.165) is 18.4 Å². The van der Waals surface area contributed by atoms with Crippen molar-refractivity contribution >= 4 is 51.2 Å². The van der Waals surface area contributed by atoms with Crippen LogP contribution in [-0.4, -0.2) is 54.1 Å². The molecule has 0 fully saturated rings. The second-order valence-corrected chi connectivity index (χ2v) is 10.9. The minimum absolute atomic E-state index is 0.0731. The molecular formula is C27H41BrN4O6. The predicted molar refractivity (Wildman–Crippen MR) is 149 cm³/mol. The summed E-state index contributed by atoms with van der Waals surface area (Å²) in [7, 11) is 0. The molecule has 38 heavy (non-hydrogen) atoms. The van der Waals surface area contributed by atoms with E-state index in [2.05, 4.69) is 37.2 Å². The van der Waals surface area contributed by atoms with Gasteiger partial charge in [-0.1, -0.05) is 48.3 Å². The minimum atomic E-state index is -0.761. The van der Waals surface area contributed by atoms with Crippen LogP contribution in [0.3, 0.4) is 0 Å². The van der Waals surface area contributed by atoms with E-state index in [1.807, 2.05) is 13.8 Å². The van der Waals surface area contributed by atoms with Gasteiger partial charge in [-0.25, -0.2) is 0 Å². The SMILES string of the molecule is CC(C)C(NC(=O)CCCCCNC(=O)CBr)C(=O)NCC(=O)Nc1ccc(COC(=O)C(C)(C)C)cc1. The van der Waals surface area contributed by atoms with Gasteiger partial charge in [0.05, 0.1) is 17.3 Å². The maximum absolute atomic E-state index is 12.6. The Labute approximate surface area is 233 Å². The molecule has 10 nitrogen and oxygen atoms in total. The number of hydrogen-bond donors (Lipinski definition) is 4. The van der Waals surface area contributed by atoms with Crippen molar-refractivity contribution in [3.63, 3.8) is 0 Å². The van der Waals surface area contributed by atoms with Gasteiger partial charge in [0, 0.05) is 18.7 Å². The molecule has 0 saturated heterocycles. The molecule has 1 aromatic carbocycles. The summed E-state index contributed by atoms with van der Waals surface area (Å²) >= 11 is 3.08. The lowest BCUT2D eigenvalue weighted by Crippen LogP contribution is -2.51. The molecule has 0 heterocycles. The van der Waals surface area contributed by atoms with Gasteiger partial charge < -0.3 is 26.0 Å². The van der Waals surface area contributed by atoms with Crippen LogP contribution in [0, 0.1) is 11.3 Å². The molecule has 1 rings (SSSR count). The minimum Gasteiger partial charge on any atom is -0.460 e. The molecule has 1 unspecified atom stereocenters. The number of amides is 4. The molecule has 0 aromatic heterocycles. The van der Waals surface area contributed by atoms with Crippen molar-refractivity contribution in [2.75, 3.05) is 23.7 Å². The van der Waals surface area contributed by atoms with Gasteiger partial charge in [-0.3, -0.25) is 24.0 Å². The van der Waals surface area contributed by atoms with Crippen LogP contribution in [0.5, 0.6) is 0 Å². The molecule has 0 aliphatic carbocycles. The van der Waals surface area contributed by atoms with Gasteiger partial charge in [-0.2, -0.15) is 0 Å². The van der Waals surface area contributed by atoms with Gasteiger partial charge in [0.1, 0.15) is 12.6 Å². The first kappa shape index (κ1) is 33.1. The topological polar surface area (TPSA) is 143 Å². The van der Waals surface area contributed by atoms with Crippen molar-refractivity contribution in [3.05, 3.63) is 29.8 Å². The zero-order valence-electron chi connectivity index (χ0n) is 22.9. The van der Waals surface area contributed by atoms with Gasteiger partial charge in [-0.15, -0.1) is 0 Å². The maximum atomic E-state index is 12.6. The van der Waals surface area contributed by atoms with Gasteiger partial charge >= 0.3 is 5.97 Å². The summed E-state index contributed by atoms with van der Waals surface area (Å²) in [5, 5.41) is 11.0. The molecule has 11 heteroatoms. The van der Waals surface area contributed by atoms with Crippen molar-refractivity contribution in [1.82, 2.24) is 16.0 Å². The van der Waals surface area contributed by atoms with Crippen molar-refractivity contribution in [3.8, 4) is 0 Å². The largest absolute Gasteiger partial charge is 0.460 e. The Kier molecular flexibility index (Phi) is 14.6. The Balaban J connectivity index is 2.41. The first-order valence-corrected chi connectivity index (χ1v) is 13.9. The van der Waals surface area contributed by atoms with E-state index in [1.54, 1.807) is 45.0 Å². The molecule has 212 valence electrons. The molecule has 4 N–H and O–H groups in total. The number of hydrogen-bond acceptors (Lipinski definition) is 6. The smallest absolute Gasteiger partial charge is 0.311 e. The van der Waals surface area contributed by atoms with Gasteiger partial charge in [0.2, 0.25) is 23.6 Å². The average molecular weight is 598 g/mol. The van der Waals surface area contributed by atoms with Gasteiger partial charge in [0.25, 0.3) is 0 Å². The number of halogens is 1. The Morgan fingerprint density at radius 1 is 0.895 bits per heavy atom. The average Bonchev–Trinajstić information content (AvgIpc) is 2.86. The fraction of sp³-hybridized carbons (Fsp3) is 0.593. The molecule has 0 aliphatic heterocycles. The van der Waals surface area contributed by atoms with Crippen LogP contribution in [0.15, 0.2) is 24.3 Å². The lowest BCUT2D eigenvalue weighted by Gasteiger charge is -2.21. The Hall–Kier alpha value is -2.95. The number of benzene rings is 1. The third-order valence-electron chi connectivity index (χ3n) is 5.43. The quantitative estimate of drug-likeness (QED) is 0.139. The van der Waals surface area contributed by atoms with Crippen molar-refractivity contribution in [2.24, 2.45) is 11.3 Å². The first-order chi connectivity index (χ1) is 17.8. The van der Waals surface area contributed by atoms with E-state index in [-0.39, 0.29) is 48.6 Å². The summed E-state index contributed by atoms with van der Waals surface area (Å²) in [6.45, 7) is 9.43. The van der Waals surface area contributed by atoms with E-state index in [9.17, 15) is 24.0 Å². The molecular weight excluding hydrogens is 556 g/mol. The second kappa shape index (κ2) is 16.8. The van der Waals surface area contributed by atoms with E-state index in [1.165, 1.54) is 0 Å².